The maximum Gasteiger partial charge on any atom is 0.251 e. The Labute approximate surface area is 137 Å². The number of aromatic amines is 1. The second-order valence-electron chi connectivity index (χ2n) is 5.46. The first kappa shape index (κ1) is 15.7. The smallest absolute Gasteiger partial charge is 0.251 e. The molecule has 0 saturated carbocycles. The molecule has 1 aliphatic heterocycles. The number of amides is 1. The maximum atomic E-state index is 12.2. The average Bonchev–Trinajstić information content (AvgIpc) is 3.07. The van der Waals surface area contributed by atoms with Gasteiger partial charge in [-0.2, -0.15) is 0 Å². The van der Waals surface area contributed by atoms with E-state index in [2.05, 4.69) is 30.0 Å². The lowest BCUT2D eigenvalue weighted by Gasteiger charge is -2.11. The summed E-state index contributed by atoms with van der Waals surface area (Å²) >= 11 is 1.22. The van der Waals surface area contributed by atoms with Crippen molar-refractivity contribution in [2.75, 3.05) is 0 Å². The van der Waals surface area contributed by atoms with E-state index in [9.17, 15) is 9.59 Å². The zero-order chi connectivity index (χ0) is 16.4. The van der Waals surface area contributed by atoms with Crippen LogP contribution in [0, 0.1) is 6.92 Å². The van der Waals surface area contributed by atoms with E-state index in [1.807, 2.05) is 0 Å². The van der Waals surface area contributed by atoms with Crippen molar-refractivity contribution in [2.24, 2.45) is 0 Å². The van der Waals surface area contributed by atoms with Crippen LogP contribution in [-0.4, -0.2) is 35.9 Å². The van der Waals surface area contributed by atoms with Gasteiger partial charge >= 0.3 is 0 Å². The fourth-order valence-corrected chi connectivity index (χ4v) is 3.36. The van der Waals surface area contributed by atoms with Crippen LogP contribution >= 0.6 is 11.8 Å². The first-order valence-electron chi connectivity index (χ1n) is 7.46. The Kier molecular flexibility index (Phi) is 4.46. The molecule has 122 valence electrons. The normalized spacial score (nSPS) is 14.5. The van der Waals surface area contributed by atoms with Crippen LogP contribution in [0.2, 0.25) is 0 Å². The van der Waals surface area contributed by atoms with Crippen LogP contribution in [0.4, 0.5) is 0 Å². The number of hydrogen-bond donors (Lipinski definition) is 2. The Bertz CT molecular complexity index is 784. The molecule has 0 spiro atoms. The Morgan fingerprint density at radius 3 is 3.13 bits per heavy atom. The molecule has 2 aromatic heterocycles. The summed E-state index contributed by atoms with van der Waals surface area (Å²) in [7, 11) is 0. The van der Waals surface area contributed by atoms with Crippen molar-refractivity contribution in [3.8, 4) is 0 Å². The van der Waals surface area contributed by atoms with Crippen LogP contribution in [0.1, 0.15) is 30.7 Å². The molecule has 1 atom stereocenters. The molecule has 1 unspecified atom stereocenters. The van der Waals surface area contributed by atoms with Gasteiger partial charge in [-0.1, -0.05) is 11.8 Å². The third-order valence-electron chi connectivity index (χ3n) is 3.61. The van der Waals surface area contributed by atoms with E-state index < -0.39 is 0 Å². The molecular weight excluding hydrogens is 316 g/mol. The summed E-state index contributed by atoms with van der Waals surface area (Å²) in [6.07, 6.45) is 2.02. The molecule has 3 rings (SSSR count). The lowest BCUT2D eigenvalue weighted by Crippen LogP contribution is -2.31. The van der Waals surface area contributed by atoms with Crippen molar-refractivity contribution in [1.29, 1.82) is 0 Å². The molecule has 23 heavy (non-hydrogen) atoms. The highest BCUT2D eigenvalue weighted by Crippen LogP contribution is 2.19. The molecule has 2 aromatic rings. The Morgan fingerprint density at radius 1 is 1.52 bits per heavy atom. The first-order valence-corrected chi connectivity index (χ1v) is 8.34. The second-order valence-corrected chi connectivity index (χ2v) is 6.79. The van der Waals surface area contributed by atoms with Gasteiger partial charge in [0.1, 0.15) is 5.82 Å². The summed E-state index contributed by atoms with van der Waals surface area (Å²) in [4.78, 5) is 30.5. The Hall–Kier alpha value is -2.16. The lowest BCUT2D eigenvalue weighted by molar-refractivity contribution is -0.120. The van der Waals surface area contributed by atoms with E-state index in [1.54, 1.807) is 13.8 Å². The van der Waals surface area contributed by atoms with E-state index >= 15 is 0 Å². The van der Waals surface area contributed by atoms with E-state index in [0.717, 1.165) is 31.0 Å². The van der Waals surface area contributed by atoms with E-state index in [1.165, 1.54) is 17.8 Å². The van der Waals surface area contributed by atoms with Gasteiger partial charge in [-0.3, -0.25) is 9.59 Å². The molecule has 0 aliphatic carbocycles. The predicted octanol–water partition coefficient (Wildman–Crippen LogP) is 0.413. The highest BCUT2D eigenvalue weighted by molar-refractivity contribution is 8.00. The van der Waals surface area contributed by atoms with Crippen molar-refractivity contribution in [1.82, 2.24) is 30.0 Å². The van der Waals surface area contributed by atoms with Crippen molar-refractivity contribution in [2.45, 2.75) is 50.2 Å². The highest BCUT2D eigenvalue weighted by Gasteiger charge is 2.20. The summed E-state index contributed by atoms with van der Waals surface area (Å²) < 4.78 is 2.05. The number of fused-ring (bicyclic) bond motifs is 1. The van der Waals surface area contributed by atoms with Crippen LogP contribution < -0.4 is 10.9 Å². The number of nitrogens with zero attached hydrogens (tertiary/aromatic N) is 4. The summed E-state index contributed by atoms with van der Waals surface area (Å²) in [5.74, 6) is 1.64. The van der Waals surface area contributed by atoms with E-state index in [0.29, 0.717) is 17.4 Å². The number of rotatable bonds is 5. The van der Waals surface area contributed by atoms with Gasteiger partial charge in [0.05, 0.1) is 11.8 Å². The predicted molar refractivity (Wildman–Crippen MR) is 85.1 cm³/mol. The number of nitrogens with one attached hydrogen (secondary N) is 2. The van der Waals surface area contributed by atoms with Crippen LogP contribution in [-0.2, 0) is 24.3 Å². The fourth-order valence-electron chi connectivity index (χ4n) is 2.48. The molecule has 2 N–H and O–H groups in total. The minimum Gasteiger partial charge on any atom is -0.348 e. The molecule has 0 saturated heterocycles. The first-order chi connectivity index (χ1) is 11.0. The standard InChI is InChI=1S/C14H18N6O2S/c1-8-6-12(21)17-14(16-8)23-9(2)13(22)15-7-11-19-18-10-4-3-5-20(10)11/h6,9H,3-5,7H2,1-2H3,(H,15,22)(H,16,17,21). The topological polar surface area (TPSA) is 106 Å². The van der Waals surface area contributed by atoms with Gasteiger partial charge in [-0.05, 0) is 20.3 Å². The molecule has 9 heteroatoms. The third-order valence-corrected chi connectivity index (χ3v) is 4.60. The number of aromatic nitrogens is 5. The number of carbonyl (C=O) groups is 1. The van der Waals surface area contributed by atoms with Crippen molar-refractivity contribution in [3.05, 3.63) is 33.8 Å². The van der Waals surface area contributed by atoms with Crippen LogP contribution in [0.15, 0.2) is 16.0 Å². The van der Waals surface area contributed by atoms with Crippen molar-refractivity contribution >= 4 is 17.7 Å². The summed E-state index contributed by atoms with van der Waals surface area (Å²) in [5.41, 5.74) is 0.412. The Balaban J connectivity index is 1.58. The van der Waals surface area contributed by atoms with Crippen molar-refractivity contribution in [3.63, 3.8) is 0 Å². The van der Waals surface area contributed by atoms with Crippen LogP contribution in [0.5, 0.6) is 0 Å². The second kappa shape index (κ2) is 6.53. The van der Waals surface area contributed by atoms with Gasteiger partial charge in [0.2, 0.25) is 5.91 Å². The summed E-state index contributed by atoms with van der Waals surface area (Å²) in [6.45, 7) is 4.78. The molecule has 1 amide bonds. The average molecular weight is 334 g/mol. The SMILES string of the molecule is Cc1cc(=O)[nH]c(SC(C)C(=O)NCc2nnc3n2CCC3)n1. The van der Waals surface area contributed by atoms with E-state index in [4.69, 9.17) is 0 Å². The number of H-pyrrole nitrogens is 1. The largest absolute Gasteiger partial charge is 0.348 e. The number of carbonyl (C=O) groups excluding carboxylic acids is 1. The minimum atomic E-state index is -0.374. The van der Waals surface area contributed by atoms with Gasteiger partial charge in [0.25, 0.3) is 5.56 Å². The zero-order valence-electron chi connectivity index (χ0n) is 13.0. The van der Waals surface area contributed by atoms with Gasteiger partial charge in [0.15, 0.2) is 11.0 Å². The van der Waals surface area contributed by atoms with Crippen molar-refractivity contribution < 1.29 is 4.79 Å². The van der Waals surface area contributed by atoms with Crippen LogP contribution in [0.3, 0.4) is 0 Å². The molecule has 0 fully saturated rings. The molecule has 0 bridgehead atoms. The monoisotopic (exact) mass is 334 g/mol. The fraction of sp³-hybridized carbons (Fsp3) is 0.500. The Morgan fingerprint density at radius 2 is 2.35 bits per heavy atom. The van der Waals surface area contributed by atoms with Gasteiger partial charge < -0.3 is 14.9 Å². The molecule has 8 nitrogen and oxygen atoms in total. The third kappa shape index (κ3) is 3.61. The van der Waals surface area contributed by atoms with E-state index in [-0.39, 0.29) is 16.7 Å². The lowest BCUT2D eigenvalue weighted by atomic mass is 10.4. The number of thioether (sulfide) groups is 1. The quantitative estimate of drug-likeness (QED) is 0.606. The molecular formula is C14H18N6O2S. The van der Waals surface area contributed by atoms with Crippen LogP contribution in [0.25, 0.3) is 0 Å². The van der Waals surface area contributed by atoms with Gasteiger partial charge in [-0.15, -0.1) is 10.2 Å². The minimum absolute atomic E-state index is 0.130. The number of hydrogen-bond acceptors (Lipinski definition) is 6. The zero-order valence-corrected chi connectivity index (χ0v) is 13.8. The molecule has 3 heterocycles. The molecule has 1 aliphatic rings. The van der Waals surface area contributed by atoms with Gasteiger partial charge in [0, 0.05) is 24.7 Å². The van der Waals surface area contributed by atoms with Gasteiger partial charge in [-0.25, -0.2) is 4.98 Å². The molecule has 0 radical (unpaired) electrons. The summed E-state index contributed by atoms with van der Waals surface area (Å²) in [6, 6.07) is 1.42. The highest BCUT2D eigenvalue weighted by atomic mass is 32.2. The summed E-state index contributed by atoms with van der Waals surface area (Å²) in [5, 5.41) is 11.2. The maximum absolute atomic E-state index is 12.2. The molecule has 0 aromatic carbocycles. The number of aryl methyl sites for hydroxylation is 2.